The van der Waals surface area contributed by atoms with Crippen LogP contribution in [0.25, 0.3) is 0 Å². The van der Waals surface area contributed by atoms with E-state index in [1.807, 2.05) is 0 Å². The van der Waals surface area contributed by atoms with E-state index in [1.165, 1.54) is 12.0 Å². The van der Waals surface area contributed by atoms with Gasteiger partial charge in [0, 0.05) is 6.61 Å². The molecule has 1 aliphatic rings. The number of carbonyl (C=O) groups excluding carboxylic acids is 3. The van der Waals surface area contributed by atoms with Crippen LogP contribution >= 0.6 is 0 Å². The second kappa shape index (κ2) is 9.22. The van der Waals surface area contributed by atoms with Gasteiger partial charge in [-0.25, -0.2) is 9.59 Å². The first-order chi connectivity index (χ1) is 13.5. The van der Waals surface area contributed by atoms with Gasteiger partial charge >= 0.3 is 12.1 Å². The third-order valence-corrected chi connectivity index (χ3v) is 10.6. The minimum Gasteiger partial charge on any atom is -0.467 e. The molecule has 1 fully saturated rings. The molecule has 30 heavy (non-hydrogen) atoms. The number of rotatable bonds is 7. The summed E-state index contributed by atoms with van der Waals surface area (Å²) in [5.74, 6) is -0.844. The highest BCUT2D eigenvalue weighted by atomic mass is 28.4. The van der Waals surface area contributed by atoms with E-state index >= 15 is 0 Å². The Morgan fingerprint density at radius 2 is 1.80 bits per heavy atom. The molecule has 0 radical (unpaired) electrons. The summed E-state index contributed by atoms with van der Waals surface area (Å²) in [5, 5.41) is 0.0165. The molecule has 7 nitrogen and oxygen atoms in total. The van der Waals surface area contributed by atoms with Gasteiger partial charge in [0.1, 0.15) is 11.6 Å². The number of carbonyl (C=O) groups is 3. The van der Waals surface area contributed by atoms with Crippen molar-refractivity contribution < 1.29 is 28.3 Å². The highest BCUT2D eigenvalue weighted by Crippen LogP contribution is 2.43. The normalized spacial score (nSPS) is 22.8. The van der Waals surface area contributed by atoms with Gasteiger partial charge in [0.2, 0.25) is 0 Å². The van der Waals surface area contributed by atoms with Gasteiger partial charge in [-0.3, -0.25) is 9.69 Å². The first kappa shape index (κ1) is 26.4. The Bertz CT molecular complexity index is 676. The van der Waals surface area contributed by atoms with Gasteiger partial charge in [-0.1, -0.05) is 26.8 Å². The van der Waals surface area contributed by atoms with E-state index in [4.69, 9.17) is 13.9 Å². The Balaban J connectivity index is 3.25. The predicted molar refractivity (Wildman–Crippen MR) is 119 cm³/mol. The van der Waals surface area contributed by atoms with Crippen molar-refractivity contribution in [2.75, 3.05) is 20.3 Å². The standard InChI is InChI=1S/C22H39NO6Si/c1-11-12-22(13-14-28-30(9,10)21(5,6)7)16(24)15-23(17(22)18(25)27-8)19(26)29-20(2,3)4/h11,17H,1,12-15H2,2-10H3/t17-,22+/m1/s1. The quantitative estimate of drug-likeness (QED) is 0.332. The molecular weight excluding hydrogens is 402 g/mol. The van der Waals surface area contributed by atoms with Crippen molar-refractivity contribution in [3.05, 3.63) is 12.7 Å². The summed E-state index contributed by atoms with van der Waals surface area (Å²) in [7, 11) is -0.788. The Morgan fingerprint density at radius 1 is 1.23 bits per heavy atom. The summed E-state index contributed by atoms with van der Waals surface area (Å²) in [5.41, 5.74) is -1.90. The summed E-state index contributed by atoms with van der Waals surface area (Å²) in [6, 6.07) is -1.08. The molecule has 8 heteroatoms. The monoisotopic (exact) mass is 441 g/mol. The molecule has 0 N–H and O–H groups in total. The number of Topliss-reactive ketones (excluding diaryl/α,β-unsaturated/α-hetero) is 1. The number of likely N-dealkylation sites (tertiary alicyclic amines) is 1. The molecule has 1 rings (SSSR count). The zero-order chi connectivity index (χ0) is 23.5. The lowest BCUT2D eigenvalue weighted by Gasteiger charge is -2.38. The van der Waals surface area contributed by atoms with Crippen LogP contribution in [-0.4, -0.2) is 63.0 Å². The van der Waals surface area contributed by atoms with Crippen molar-refractivity contribution >= 4 is 26.2 Å². The summed E-state index contributed by atoms with van der Waals surface area (Å²) in [6.07, 6.45) is 1.44. The molecule has 0 unspecified atom stereocenters. The maximum atomic E-state index is 13.2. The average Bonchev–Trinajstić information content (AvgIpc) is 2.85. The SMILES string of the molecule is C=CC[C@]1(CCO[Si](C)(C)C(C)(C)C)C(=O)CN(C(=O)OC(C)(C)C)[C@@H]1C(=O)OC. The van der Waals surface area contributed by atoms with Gasteiger partial charge in [-0.2, -0.15) is 0 Å². The van der Waals surface area contributed by atoms with Crippen molar-refractivity contribution in [1.29, 1.82) is 0 Å². The number of ketones is 1. The molecule has 0 aromatic heterocycles. The summed E-state index contributed by atoms with van der Waals surface area (Å²) in [4.78, 5) is 39.9. The number of methoxy groups -OCH3 is 1. The molecule has 2 atom stereocenters. The summed E-state index contributed by atoms with van der Waals surface area (Å²) >= 11 is 0. The smallest absolute Gasteiger partial charge is 0.411 e. The van der Waals surface area contributed by atoms with E-state index in [2.05, 4.69) is 40.4 Å². The van der Waals surface area contributed by atoms with Gasteiger partial charge in [0.25, 0.3) is 0 Å². The van der Waals surface area contributed by atoms with E-state index in [1.54, 1.807) is 26.8 Å². The van der Waals surface area contributed by atoms with E-state index in [0.717, 1.165) is 0 Å². The molecule has 0 saturated carbocycles. The van der Waals surface area contributed by atoms with Crippen LogP contribution in [0.5, 0.6) is 0 Å². The van der Waals surface area contributed by atoms with Crippen molar-refractivity contribution in [2.45, 2.75) is 84.2 Å². The maximum absolute atomic E-state index is 13.2. The predicted octanol–water partition coefficient (Wildman–Crippen LogP) is 4.32. The summed E-state index contributed by atoms with van der Waals surface area (Å²) in [6.45, 7) is 19.8. The van der Waals surface area contributed by atoms with Crippen LogP contribution in [-0.2, 0) is 23.5 Å². The number of hydrogen-bond donors (Lipinski definition) is 0. The van der Waals surface area contributed by atoms with Crippen LogP contribution in [0, 0.1) is 5.41 Å². The van der Waals surface area contributed by atoms with E-state index in [0.29, 0.717) is 13.0 Å². The van der Waals surface area contributed by atoms with Crippen LogP contribution in [0.2, 0.25) is 18.1 Å². The molecule has 1 heterocycles. The number of amides is 1. The lowest BCUT2D eigenvalue weighted by Crippen LogP contribution is -2.51. The van der Waals surface area contributed by atoms with Crippen LogP contribution in [0.3, 0.4) is 0 Å². The van der Waals surface area contributed by atoms with Crippen LogP contribution in [0.15, 0.2) is 12.7 Å². The van der Waals surface area contributed by atoms with Gasteiger partial charge in [-0.05, 0) is 51.7 Å². The lowest BCUT2D eigenvalue weighted by atomic mass is 9.73. The highest BCUT2D eigenvalue weighted by molar-refractivity contribution is 6.74. The van der Waals surface area contributed by atoms with Gasteiger partial charge in [-0.15, -0.1) is 6.58 Å². The molecular formula is C22H39NO6Si. The van der Waals surface area contributed by atoms with Crippen molar-refractivity contribution in [3.8, 4) is 0 Å². The fourth-order valence-electron chi connectivity index (χ4n) is 3.38. The number of hydrogen-bond acceptors (Lipinski definition) is 6. The number of nitrogens with zero attached hydrogens (tertiary/aromatic N) is 1. The zero-order valence-corrected chi connectivity index (χ0v) is 21.1. The van der Waals surface area contributed by atoms with E-state index in [-0.39, 0.29) is 23.8 Å². The van der Waals surface area contributed by atoms with Crippen LogP contribution < -0.4 is 0 Å². The van der Waals surface area contributed by atoms with E-state index < -0.39 is 37.4 Å². The number of ether oxygens (including phenoxy) is 2. The average molecular weight is 442 g/mol. The second-order valence-corrected chi connectivity index (χ2v) is 15.3. The molecule has 1 aliphatic heterocycles. The lowest BCUT2D eigenvalue weighted by molar-refractivity contribution is -0.151. The zero-order valence-electron chi connectivity index (χ0n) is 20.1. The Labute approximate surface area is 182 Å². The maximum Gasteiger partial charge on any atom is 0.411 e. The number of allylic oxidation sites excluding steroid dienone is 1. The fraction of sp³-hybridized carbons (Fsp3) is 0.773. The van der Waals surface area contributed by atoms with Crippen LogP contribution in [0.4, 0.5) is 4.79 Å². The Morgan fingerprint density at radius 3 is 2.23 bits per heavy atom. The third kappa shape index (κ3) is 5.72. The second-order valence-electron chi connectivity index (χ2n) is 10.5. The largest absolute Gasteiger partial charge is 0.467 e. The molecule has 1 saturated heterocycles. The van der Waals surface area contributed by atoms with Crippen LogP contribution in [0.1, 0.15) is 54.4 Å². The Hall–Kier alpha value is -1.67. The fourth-order valence-corrected chi connectivity index (χ4v) is 4.42. The number of esters is 1. The molecule has 172 valence electrons. The topological polar surface area (TPSA) is 82.1 Å². The third-order valence-electron chi connectivity index (χ3n) is 6.08. The molecule has 0 aromatic rings. The molecule has 1 amide bonds. The molecule has 0 spiro atoms. The highest BCUT2D eigenvalue weighted by Gasteiger charge is 2.59. The van der Waals surface area contributed by atoms with Crippen molar-refractivity contribution in [1.82, 2.24) is 4.90 Å². The molecule has 0 aliphatic carbocycles. The molecule has 0 aromatic carbocycles. The van der Waals surface area contributed by atoms with Gasteiger partial charge in [0.05, 0.1) is 19.1 Å². The minimum absolute atomic E-state index is 0.0165. The van der Waals surface area contributed by atoms with E-state index in [9.17, 15) is 14.4 Å². The van der Waals surface area contributed by atoms with Crippen molar-refractivity contribution in [3.63, 3.8) is 0 Å². The minimum atomic E-state index is -2.04. The first-order valence-electron chi connectivity index (χ1n) is 10.4. The van der Waals surface area contributed by atoms with Gasteiger partial charge in [0.15, 0.2) is 14.1 Å². The summed E-state index contributed by atoms with van der Waals surface area (Å²) < 4.78 is 16.7. The van der Waals surface area contributed by atoms with Crippen molar-refractivity contribution in [2.24, 2.45) is 5.41 Å². The first-order valence-corrected chi connectivity index (χ1v) is 13.3. The Kier molecular flexibility index (Phi) is 8.10. The molecule has 0 bridgehead atoms. The van der Waals surface area contributed by atoms with Gasteiger partial charge < -0.3 is 13.9 Å².